The first-order valence-electron chi connectivity index (χ1n) is 12.6. The van der Waals surface area contributed by atoms with Crippen LogP contribution in [0.15, 0.2) is 40.0 Å². The number of nitrogens with zero attached hydrogens (tertiary/aromatic N) is 6. The van der Waals surface area contributed by atoms with Crippen LogP contribution in [0, 0.1) is 0 Å². The molecule has 5 rings (SSSR count). The first kappa shape index (κ1) is 24.1. The quantitative estimate of drug-likeness (QED) is 0.642. The molecule has 0 spiro atoms. The van der Waals surface area contributed by atoms with Crippen molar-refractivity contribution in [1.82, 2.24) is 24.9 Å². The second-order valence-electron chi connectivity index (χ2n) is 9.61. The molecule has 0 bridgehead atoms. The van der Waals surface area contributed by atoms with Gasteiger partial charge in [0.1, 0.15) is 17.8 Å². The average molecular weight is 494 g/mol. The SMILES string of the molecule is NC(=O)C1(N2CCCCC2)CCN(C(=O)CN2N=C(c3nc(-c4ccccc4)no3)CCC2=O)CC1. The van der Waals surface area contributed by atoms with Crippen molar-refractivity contribution in [3.05, 3.63) is 36.2 Å². The summed E-state index contributed by atoms with van der Waals surface area (Å²) >= 11 is 0. The van der Waals surface area contributed by atoms with E-state index in [1.54, 1.807) is 4.90 Å². The van der Waals surface area contributed by atoms with Crippen LogP contribution < -0.4 is 5.73 Å². The fourth-order valence-corrected chi connectivity index (χ4v) is 5.32. The van der Waals surface area contributed by atoms with E-state index >= 15 is 0 Å². The molecular weight excluding hydrogens is 462 g/mol. The van der Waals surface area contributed by atoms with Gasteiger partial charge in [-0.05, 0) is 38.8 Å². The molecule has 2 saturated heterocycles. The average Bonchev–Trinajstić information content (AvgIpc) is 3.41. The van der Waals surface area contributed by atoms with Gasteiger partial charge < -0.3 is 15.2 Å². The van der Waals surface area contributed by atoms with E-state index in [1.165, 1.54) is 11.4 Å². The number of rotatable bonds is 6. The molecule has 11 heteroatoms. The van der Waals surface area contributed by atoms with Gasteiger partial charge in [-0.25, -0.2) is 5.01 Å². The van der Waals surface area contributed by atoms with E-state index in [0.717, 1.165) is 31.5 Å². The zero-order valence-electron chi connectivity index (χ0n) is 20.3. The number of piperidine rings is 2. The number of amides is 3. The molecule has 2 N–H and O–H groups in total. The highest BCUT2D eigenvalue weighted by Crippen LogP contribution is 2.31. The minimum absolute atomic E-state index is 0.171. The summed E-state index contributed by atoms with van der Waals surface area (Å²) in [5.41, 5.74) is 6.45. The maximum atomic E-state index is 13.1. The largest absolute Gasteiger partial charge is 0.368 e. The summed E-state index contributed by atoms with van der Waals surface area (Å²) in [5, 5.41) is 9.59. The Bertz CT molecular complexity index is 1150. The Kier molecular flexibility index (Phi) is 6.82. The standard InChI is InChI=1S/C25H31N7O4/c26-24(35)25(31-13-5-2-6-14-31)11-15-30(16-12-25)21(34)17-32-20(33)10-9-19(28-32)23-27-22(29-36-23)18-7-3-1-4-8-18/h1,3-4,7-8H,2,5-6,9-17H2,(H2,26,35). The molecule has 1 aromatic carbocycles. The Morgan fingerprint density at radius 2 is 1.72 bits per heavy atom. The Labute approximate surface area is 209 Å². The third-order valence-corrected chi connectivity index (χ3v) is 7.46. The predicted molar refractivity (Wildman–Crippen MR) is 130 cm³/mol. The van der Waals surface area contributed by atoms with Gasteiger partial charge in [0.25, 0.3) is 5.89 Å². The second kappa shape index (κ2) is 10.2. The van der Waals surface area contributed by atoms with Crippen molar-refractivity contribution in [2.75, 3.05) is 32.7 Å². The summed E-state index contributed by atoms with van der Waals surface area (Å²) in [7, 11) is 0. The highest BCUT2D eigenvalue weighted by Gasteiger charge is 2.46. The maximum Gasteiger partial charge on any atom is 0.274 e. The zero-order valence-corrected chi connectivity index (χ0v) is 20.3. The summed E-state index contributed by atoms with van der Waals surface area (Å²) in [6.45, 7) is 2.38. The van der Waals surface area contributed by atoms with Crippen LogP contribution in [-0.4, -0.2) is 86.6 Å². The normalized spacial score (nSPS) is 20.8. The number of hydrazone groups is 1. The third kappa shape index (κ3) is 4.75. The van der Waals surface area contributed by atoms with E-state index in [1.807, 2.05) is 30.3 Å². The molecule has 0 atom stereocenters. The van der Waals surface area contributed by atoms with Gasteiger partial charge in [0.15, 0.2) is 0 Å². The molecule has 4 heterocycles. The number of hydrogen-bond donors (Lipinski definition) is 1. The molecule has 0 unspecified atom stereocenters. The van der Waals surface area contributed by atoms with Gasteiger partial charge in [0, 0.05) is 31.5 Å². The summed E-state index contributed by atoms with van der Waals surface area (Å²) in [6, 6.07) is 9.43. The molecule has 0 saturated carbocycles. The predicted octanol–water partition coefficient (Wildman–Crippen LogP) is 1.40. The molecule has 3 amide bonds. The molecule has 36 heavy (non-hydrogen) atoms. The summed E-state index contributed by atoms with van der Waals surface area (Å²) in [5.74, 6) is -0.0732. The van der Waals surface area contributed by atoms with Gasteiger partial charge in [0.2, 0.25) is 23.5 Å². The Hall–Kier alpha value is -3.60. The van der Waals surface area contributed by atoms with Gasteiger partial charge >= 0.3 is 0 Å². The van der Waals surface area contributed by atoms with Crippen molar-refractivity contribution in [2.24, 2.45) is 10.8 Å². The van der Waals surface area contributed by atoms with E-state index < -0.39 is 5.54 Å². The number of primary amides is 1. The highest BCUT2D eigenvalue weighted by atomic mass is 16.5. The van der Waals surface area contributed by atoms with Crippen LogP contribution in [0.4, 0.5) is 0 Å². The molecule has 1 aromatic heterocycles. The second-order valence-corrected chi connectivity index (χ2v) is 9.61. The Morgan fingerprint density at radius 3 is 2.42 bits per heavy atom. The number of aromatic nitrogens is 2. The van der Waals surface area contributed by atoms with E-state index in [0.29, 0.717) is 43.9 Å². The fraction of sp³-hybridized carbons (Fsp3) is 0.520. The molecule has 3 aliphatic rings. The van der Waals surface area contributed by atoms with Crippen LogP contribution >= 0.6 is 0 Å². The van der Waals surface area contributed by atoms with Crippen molar-refractivity contribution in [3.63, 3.8) is 0 Å². The number of hydrogen-bond acceptors (Lipinski definition) is 8. The lowest BCUT2D eigenvalue weighted by atomic mass is 9.83. The van der Waals surface area contributed by atoms with Crippen molar-refractivity contribution in [2.45, 2.75) is 50.5 Å². The van der Waals surface area contributed by atoms with Crippen LogP contribution in [0.1, 0.15) is 50.8 Å². The Morgan fingerprint density at radius 1 is 1.00 bits per heavy atom. The lowest BCUT2D eigenvalue weighted by Crippen LogP contribution is -2.64. The fourth-order valence-electron chi connectivity index (χ4n) is 5.32. The number of benzene rings is 1. The minimum atomic E-state index is -0.697. The first-order valence-corrected chi connectivity index (χ1v) is 12.6. The number of likely N-dealkylation sites (tertiary alicyclic amines) is 2. The van der Waals surface area contributed by atoms with E-state index in [2.05, 4.69) is 20.1 Å². The maximum absolute atomic E-state index is 13.1. The summed E-state index contributed by atoms with van der Waals surface area (Å²) in [6.07, 6.45) is 4.85. The number of carbonyl (C=O) groups is 3. The minimum Gasteiger partial charge on any atom is -0.368 e. The van der Waals surface area contributed by atoms with Crippen molar-refractivity contribution >= 4 is 23.4 Å². The molecule has 2 fully saturated rings. The van der Waals surface area contributed by atoms with E-state index in [9.17, 15) is 14.4 Å². The van der Waals surface area contributed by atoms with Gasteiger partial charge in [-0.2, -0.15) is 10.1 Å². The zero-order chi connectivity index (χ0) is 25.1. The number of nitrogens with two attached hydrogens (primary N) is 1. The molecule has 190 valence electrons. The van der Waals surface area contributed by atoms with Crippen LogP contribution in [0.3, 0.4) is 0 Å². The molecule has 0 aliphatic carbocycles. The van der Waals surface area contributed by atoms with Crippen LogP contribution in [0.2, 0.25) is 0 Å². The van der Waals surface area contributed by atoms with E-state index in [-0.39, 0.29) is 36.6 Å². The molecule has 11 nitrogen and oxygen atoms in total. The molecule has 2 aromatic rings. The summed E-state index contributed by atoms with van der Waals surface area (Å²) < 4.78 is 5.39. The van der Waals surface area contributed by atoms with E-state index in [4.69, 9.17) is 10.3 Å². The lowest BCUT2D eigenvalue weighted by Gasteiger charge is -2.48. The molecular formula is C25H31N7O4. The van der Waals surface area contributed by atoms with Gasteiger partial charge in [0.05, 0.1) is 0 Å². The van der Waals surface area contributed by atoms with Gasteiger partial charge in [-0.15, -0.1) is 0 Å². The molecule has 3 aliphatic heterocycles. The van der Waals surface area contributed by atoms with Crippen molar-refractivity contribution < 1.29 is 18.9 Å². The third-order valence-electron chi connectivity index (χ3n) is 7.46. The number of carbonyl (C=O) groups excluding carboxylic acids is 3. The van der Waals surface area contributed by atoms with Crippen molar-refractivity contribution in [3.8, 4) is 11.4 Å². The van der Waals surface area contributed by atoms with Crippen LogP contribution in [-0.2, 0) is 14.4 Å². The summed E-state index contributed by atoms with van der Waals surface area (Å²) in [4.78, 5) is 46.4. The first-order chi connectivity index (χ1) is 17.5. The van der Waals surface area contributed by atoms with Crippen LogP contribution in [0.25, 0.3) is 11.4 Å². The Balaban J connectivity index is 1.24. The smallest absolute Gasteiger partial charge is 0.274 e. The van der Waals surface area contributed by atoms with Crippen molar-refractivity contribution in [1.29, 1.82) is 0 Å². The van der Waals surface area contributed by atoms with Crippen LogP contribution in [0.5, 0.6) is 0 Å². The topological polar surface area (TPSA) is 138 Å². The highest BCUT2D eigenvalue weighted by molar-refractivity contribution is 6.01. The lowest BCUT2D eigenvalue weighted by molar-refractivity contribution is -0.145. The molecule has 0 radical (unpaired) electrons. The monoisotopic (exact) mass is 493 g/mol. The van der Waals surface area contributed by atoms with Gasteiger partial charge in [-0.1, -0.05) is 41.9 Å². The van der Waals surface area contributed by atoms with Gasteiger partial charge in [-0.3, -0.25) is 19.3 Å².